The molecule has 0 aliphatic carbocycles. The number of hydrogen-bond acceptors (Lipinski definition) is 3. The van der Waals surface area contributed by atoms with Crippen molar-refractivity contribution in [1.29, 1.82) is 0 Å². The van der Waals surface area contributed by atoms with Gasteiger partial charge < -0.3 is 10.1 Å². The van der Waals surface area contributed by atoms with Crippen LogP contribution in [0.1, 0.15) is 24.8 Å². The third-order valence-corrected chi connectivity index (χ3v) is 3.86. The first kappa shape index (κ1) is 10.8. The molecule has 3 nitrogen and oxygen atoms in total. The van der Waals surface area contributed by atoms with Crippen molar-refractivity contribution in [3.8, 4) is 5.75 Å². The second-order valence-corrected chi connectivity index (χ2v) is 4.96. The number of fused-ring (bicyclic) bond motifs is 2. The van der Waals surface area contributed by atoms with Crippen LogP contribution in [0.2, 0.25) is 0 Å². The molecule has 1 aromatic heterocycles. The van der Waals surface area contributed by atoms with Crippen molar-refractivity contribution in [1.82, 2.24) is 10.3 Å². The summed E-state index contributed by atoms with van der Waals surface area (Å²) < 4.78 is 5.17. The highest BCUT2D eigenvalue weighted by molar-refractivity contribution is 5.50. The molecule has 3 heteroatoms. The van der Waals surface area contributed by atoms with Gasteiger partial charge in [0.1, 0.15) is 5.75 Å². The van der Waals surface area contributed by atoms with Gasteiger partial charge in [0, 0.05) is 18.3 Å². The van der Waals surface area contributed by atoms with Gasteiger partial charge in [0.15, 0.2) is 0 Å². The van der Waals surface area contributed by atoms with E-state index in [1.165, 1.54) is 19.3 Å². The summed E-state index contributed by atoms with van der Waals surface area (Å²) in [5, 5.41) is 3.65. The van der Waals surface area contributed by atoms with Crippen LogP contribution in [0, 0.1) is 5.92 Å². The number of nitrogens with zero attached hydrogens (tertiary/aromatic N) is 1. The monoisotopic (exact) mass is 230 g/mol. The molecule has 17 heavy (non-hydrogen) atoms. The fraction of sp³-hybridized carbons (Fsp3) is 0.500. The Morgan fingerprint density at radius 1 is 1.41 bits per heavy atom. The van der Waals surface area contributed by atoms with Crippen LogP contribution in [-0.4, -0.2) is 24.2 Å². The molecule has 2 bridgehead atoms. The maximum Gasteiger partial charge on any atom is 0.137 e. The Balaban J connectivity index is 1.69. The molecule has 0 radical (unpaired) electrons. The first-order valence-electron chi connectivity index (χ1n) is 6.28. The average molecular weight is 230 g/mol. The molecular weight excluding hydrogens is 212 g/mol. The summed E-state index contributed by atoms with van der Waals surface area (Å²) in [5.74, 6) is 1.51. The molecule has 90 valence electrons. The van der Waals surface area contributed by atoms with Crippen molar-refractivity contribution in [2.75, 3.05) is 7.11 Å². The Kier molecular flexibility index (Phi) is 2.85. The highest BCUT2D eigenvalue weighted by Gasteiger charge is 2.37. The Morgan fingerprint density at radius 2 is 2.35 bits per heavy atom. The van der Waals surface area contributed by atoms with Crippen LogP contribution < -0.4 is 10.1 Å². The highest BCUT2D eigenvalue weighted by Crippen LogP contribution is 2.34. The molecule has 1 N–H and O–H groups in total. The van der Waals surface area contributed by atoms with Crippen LogP contribution in [0.25, 0.3) is 6.08 Å². The minimum atomic E-state index is 0.694. The number of nitrogens with one attached hydrogen (secondary N) is 1. The number of pyridine rings is 1. The number of methoxy groups -OCH3 is 1. The summed E-state index contributed by atoms with van der Waals surface area (Å²) >= 11 is 0. The zero-order chi connectivity index (χ0) is 11.7. The topological polar surface area (TPSA) is 34.1 Å². The predicted octanol–water partition coefficient (Wildman–Crippen LogP) is 2.24. The molecule has 3 unspecified atom stereocenters. The number of hydrogen-bond donors (Lipinski definition) is 1. The van der Waals surface area contributed by atoms with Gasteiger partial charge >= 0.3 is 0 Å². The van der Waals surface area contributed by atoms with E-state index in [-0.39, 0.29) is 0 Å². The minimum absolute atomic E-state index is 0.694. The van der Waals surface area contributed by atoms with Gasteiger partial charge in [0.2, 0.25) is 0 Å². The summed E-state index contributed by atoms with van der Waals surface area (Å²) in [5.41, 5.74) is 1.12. The molecule has 0 aromatic carbocycles. The molecule has 2 aliphatic heterocycles. The molecule has 3 heterocycles. The van der Waals surface area contributed by atoms with E-state index in [9.17, 15) is 0 Å². The van der Waals surface area contributed by atoms with Crippen molar-refractivity contribution < 1.29 is 4.74 Å². The lowest BCUT2D eigenvalue weighted by Gasteiger charge is -2.15. The van der Waals surface area contributed by atoms with Crippen molar-refractivity contribution in [2.24, 2.45) is 5.92 Å². The van der Waals surface area contributed by atoms with Crippen molar-refractivity contribution in [3.05, 3.63) is 30.1 Å². The second-order valence-electron chi connectivity index (χ2n) is 4.96. The van der Waals surface area contributed by atoms with E-state index in [1.807, 2.05) is 12.3 Å². The molecule has 0 saturated carbocycles. The predicted molar refractivity (Wildman–Crippen MR) is 67.9 cm³/mol. The zero-order valence-corrected chi connectivity index (χ0v) is 10.1. The lowest BCUT2D eigenvalue weighted by atomic mass is 9.89. The third-order valence-electron chi connectivity index (χ3n) is 3.86. The van der Waals surface area contributed by atoms with Crippen molar-refractivity contribution in [2.45, 2.75) is 31.3 Å². The number of rotatable bonds is 3. The third kappa shape index (κ3) is 2.20. The van der Waals surface area contributed by atoms with E-state index in [0.29, 0.717) is 12.0 Å². The van der Waals surface area contributed by atoms with Gasteiger partial charge in [-0.3, -0.25) is 4.98 Å². The summed E-state index contributed by atoms with van der Waals surface area (Å²) in [6.07, 6.45) is 12.1. The van der Waals surface area contributed by atoms with E-state index in [4.69, 9.17) is 4.74 Å². The van der Waals surface area contributed by atoms with Crippen molar-refractivity contribution in [3.63, 3.8) is 0 Å². The smallest absolute Gasteiger partial charge is 0.137 e. The van der Waals surface area contributed by atoms with E-state index in [1.54, 1.807) is 13.3 Å². The van der Waals surface area contributed by atoms with E-state index in [0.717, 1.165) is 17.4 Å². The molecule has 0 amide bonds. The summed E-state index contributed by atoms with van der Waals surface area (Å²) in [4.78, 5) is 4.16. The largest absolute Gasteiger partial charge is 0.495 e. The Labute approximate surface area is 102 Å². The van der Waals surface area contributed by atoms with Crippen LogP contribution in [0.15, 0.2) is 24.5 Å². The average Bonchev–Trinajstić information content (AvgIpc) is 2.99. The van der Waals surface area contributed by atoms with Gasteiger partial charge in [0.25, 0.3) is 0 Å². The minimum Gasteiger partial charge on any atom is -0.495 e. The molecular formula is C14H18N2O. The maximum absolute atomic E-state index is 5.17. The molecule has 2 aliphatic rings. The Morgan fingerprint density at radius 3 is 3.06 bits per heavy atom. The van der Waals surface area contributed by atoms with E-state index in [2.05, 4.69) is 22.5 Å². The van der Waals surface area contributed by atoms with Crippen LogP contribution in [0.4, 0.5) is 0 Å². The Hall–Kier alpha value is -1.35. The molecule has 2 saturated heterocycles. The molecule has 3 atom stereocenters. The number of aromatic nitrogens is 1. The lowest BCUT2D eigenvalue weighted by molar-refractivity contribution is 0.413. The van der Waals surface area contributed by atoms with Gasteiger partial charge in [-0.05, 0) is 36.8 Å². The lowest BCUT2D eigenvalue weighted by Crippen LogP contribution is -2.21. The second kappa shape index (κ2) is 4.49. The molecule has 3 rings (SSSR count). The summed E-state index contributed by atoms with van der Waals surface area (Å²) in [7, 11) is 1.67. The summed E-state index contributed by atoms with van der Waals surface area (Å²) in [6.45, 7) is 0. The normalized spacial score (nSPS) is 31.2. The SMILES string of the molecule is COc1cncc(/C=C\C2CC3CCC2N3)c1. The van der Waals surface area contributed by atoms with Crippen LogP contribution in [-0.2, 0) is 0 Å². The van der Waals surface area contributed by atoms with Crippen LogP contribution in [0.5, 0.6) is 5.75 Å². The maximum atomic E-state index is 5.17. The van der Waals surface area contributed by atoms with Crippen molar-refractivity contribution >= 4 is 6.08 Å². The van der Waals surface area contributed by atoms with E-state index >= 15 is 0 Å². The molecule has 1 aromatic rings. The van der Waals surface area contributed by atoms with Crippen LogP contribution >= 0.6 is 0 Å². The van der Waals surface area contributed by atoms with Gasteiger partial charge in [0.05, 0.1) is 13.3 Å². The fourth-order valence-electron chi connectivity index (χ4n) is 2.95. The highest BCUT2D eigenvalue weighted by atomic mass is 16.5. The standard InChI is InChI=1S/C14H18N2O/c1-17-13-6-10(8-15-9-13)2-3-11-7-12-4-5-14(11)16-12/h2-3,6,8-9,11-12,14,16H,4-5,7H2,1H3/b3-2-. The van der Waals surface area contributed by atoms with E-state index < -0.39 is 0 Å². The van der Waals surface area contributed by atoms with Gasteiger partial charge in [-0.25, -0.2) is 0 Å². The molecule has 0 spiro atoms. The van der Waals surface area contributed by atoms with Crippen LogP contribution in [0.3, 0.4) is 0 Å². The first-order valence-corrected chi connectivity index (χ1v) is 6.28. The summed E-state index contributed by atoms with van der Waals surface area (Å²) in [6, 6.07) is 3.48. The fourth-order valence-corrected chi connectivity index (χ4v) is 2.95. The zero-order valence-electron chi connectivity index (χ0n) is 10.1. The van der Waals surface area contributed by atoms with Gasteiger partial charge in [-0.15, -0.1) is 0 Å². The number of ether oxygens (including phenoxy) is 1. The Bertz CT molecular complexity index is 430. The first-order chi connectivity index (χ1) is 8.35. The quantitative estimate of drug-likeness (QED) is 0.864. The van der Waals surface area contributed by atoms with Gasteiger partial charge in [-0.1, -0.05) is 12.2 Å². The van der Waals surface area contributed by atoms with Gasteiger partial charge in [-0.2, -0.15) is 0 Å². The molecule has 2 fully saturated rings.